The summed E-state index contributed by atoms with van der Waals surface area (Å²) in [5, 5.41) is 11.2. The molecule has 0 atom stereocenters. The molecular formula is C19H21FN4O3. The Kier molecular flexibility index (Phi) is 5.00. The second-order valence-electron chi connectivity index (χ2n) is 6.68. The van der Waals surface area contributed by atoms with Crippen LogP contribution in [-0.4, -0.2) is 53.1 Å². The van der Waals surface area contributed by atoms with Gasteiger partial charge < -0.3 is 19.7 Å². The van der Waals surface area contributed by atoms with Crippen LogP contribution in [0.3, 0.4) is 0 Å². The summed E-state index contributed by atoms with van der Waals surface area (Å²) < 4.78 is 24.3. The molecule has 0 aliphatic carbocycles. The number of amides is 1. The van der Waals surface area contributed by atoms with Crippen LogP contribution in [0.2, 0.25) is 0 Å². The van der Waals surface area contributed by atoms with Crippen molar-refractivity contribution < 1.29 is 18.7 Å². The number of hydrogen-bond donors (Lipinski definition) is 1. The highest BCUT2D eigenvalue weighted by molar-refractivity contribution is 5.92. The molecule has 0 radical (unpaired) electrons. The molecule has 2 fully saturated rings. The molecule has 1 N–H and O–H groups in total. The SMILES string of the molecule is O=C(c1ccc(NCc2ccc(F)cc2)nn1)N1CCC2(CC1)OCCO2. The Morgan fingerprint density at radius 2 is 1.78 bits per heavy atom. The summed E-state index contributed by atoms with van der Waals surface area (Å²) in [5.74, 6) is -0.353. The summed E-state index contributed by atoms with van der Waals surface area (Å²) in [6.07, 6.45) is 1.34. The molecule has 1 amide bonds. The molecule has 0 bridgehead atoms. The highest BCUT2D eigenvalue weighted by atomic mass is 19.1. The van der Waals surface area contributed by atoms with Crippen molar-refractivity contribution in [3.8, 4) is 0 Å². The molecule has 0 unspecified atom stereocenters. The lowest BCUT2D eigenvalue weighted by atomic mass is 10.0. The van der Waals surface area contributed by atoms with Crippen molar-refractivity contribution in [2.24, 2.45) is 0 Å². The van der Waals surface area contributed by atoms with Crippen molar-refractivity contribution in [1.29, 1.82) is 0 Å². The van der Waals surface area contributed by atoms with Gasteiger partial charge in [-0.05, 0) is 29.8 Å². The number of rotatable bonds is 4. The Morgan fingerprint density at radius 1 is 1.07 bits per heavy atom. The number of likely N-dealkylation sites (tertiary alicyclic amines) is 1. The lowest BCUT2D eigenvalue weighted by Crippen LogP contribution is -2.47. The summed E-state index contributed by atoms with van der Waals surface area (Å²) in [6, 6.07) is 9.61. The summed E-state index contributed by atoms with van der Waals surface area (Å²) >= 11 is 0. The minimum atomic E-state index is -0.503. The fraction of sp³-hybridized carbons (Fsp3) is 0.421. The summed E-state index contributed by atoms with van der Waals surface area (Å²) in [4.78, 5) is 14.4. The van der Waals surface area contributed by atoms with Gasteiger partial charge in [0.2, 0.25) is 0 Å². The Bertz CT molecular complexity index is 782. The summed E-state index contributed by atoms with van der Waals surface area (Å²) in [6.45, 7) is 2.88. The number of nitrogens with zero attached hydrogens (tertiary/aromatic N) is 3. The minimum Gasteiger partial charge on any atom is -0.365 e. The summed E-state index contributed by atoms with van der Waals surface area (Å²) in [5.41, 5.74) is 1.24. The van der Waals surface area contributed by atoms with Crippen LogP contribution in [0.25, 0.3) is 0 Å². The molecular weight excluding hydrogens is 351 g/mol. The largest absolute Gasteiger partial charge is 0.365 e. The van der Waals surface area contributed by atoms with E-state index < -0.39 is 5.79 Å². The van der Waals surface area contributed by atoms with E-state index in [4.69, 9.17) is 9.47 Å². The highest BCUT2D eigenvalue weighted by Gasteiger charge is 2.41. The van der Waals surface area contributed by atoms with Gasteiger partial charge in [0.1, 0.15) is 11.6 Å². The fourth-order valence-corrected chi connectivity index (χ4v) is 3.33. The number of anilines is 1. The zero-order chi connectivity index (χ0) is 18.7. The first-order valence-electron chi connectivity index (χ1n) is 9.03. The van der Waals surface area contributed by atoms with Gasteiger partial charge in [-0.1, -0.05) is 12.1 Å². The molecule has 7 nitrogen and oxygen atoms in total. The van der Waals surface area contributed by atoms with E-state index in [0.717, 1.165) is 5.56 Å². The lowest BCUT2D eigenvalue weighted by Gasteiger charge is -2.37. The van der Waals surface area contributed by atoms with E-state index in [2.05, 4.69) is 15.5 Å². The van der Waals surface area contributed by atoms with Crippen molar-refractivity contribution in [1.82, 2.24) is 15.1 Å². The average molecular weight is 372 g/mol. The lowest BCUT2D eigenvalue weighted by molar-refractivity contribution is -0.181. The predicted molar refractivity (Wildman–Crippen MR) is 95.5 cm³/mol. The Labute approximate surface area is 156 Å². The third kappa shape index (κ3) is 4.06. The van der Waals surface area contributed by atoms with E-state index in [0.29, 0.717) is 57.2 Å². The minimum absolute atomic E-state index is 0.138. The fourth-order valence-electron chi connectivity index (χ4n) is 3.33. The van der Waals surface area contributed by atoms with Gasteiger partial charge in [-0.15, -0.1) is 10.2 Å². The second kappa shape index (κ2) is 7.58. The molecule has 2 aliphatic heterocycles. The smallest absolute Gasteiger partial charge is 0.274 e. The molecule has 8 heteroatoms. The van der Waals surface area contributed by atoms with Crippen LogP contribution in [0.15, 0.2) is 36.4 Å². The molecule has 0 saturated carbocycles. The number of ether oxygens (including phenoxy) is 2. The number of piperidine rings is 1. The molecule has 1 spiro atoms. The Hall–Kier alpha value is -2.58. The third-order valence-electron chi connectivity index (χ3n) is 4.90. The van der Waals surface area contributed by atoms with Crippen LogP contribution in [-0.2, 0) is 16.0 Å². The number of hydrogen-bond acceptors (Lipinski definition) is 6. The second-order valence-corrected chi connectivity index (χ2v) is 6.68. The van der Waals surface area contributed by atoms with Gasteiger partial charge in [0.15, 0.2) is 11.5 Å². The number of nitrogens with one attached hydrogen (secondary N) is 1. The van der Waals surface area contributed by atoms with E-state index in [1.807, 2.05) is 0 Å². The molecule has 2 saturated heterocycles. The monoisotopic (exact) mass is 372 g/mol. The maximum atomic E-state index is 12.9. The van der Waals surface area contributed by atoms with E-state index in [1.54, 1.807) is 29.2 Å². The molecule has 2 aliphatic rings. The molecule has 1 aromatic heterocycles. The van der Waals surface area contributed by atoms with Crippen LogP contribution in [0.4, 0.5) is 10.2 Å². The van der Waals surface area contributed by atoms with Crippen molar-refractivity contribution in [2.75, 3.05) is 31.6 Å². The van der Waals surface area contributed by atoms with E-state index in [1.165, 1.54) is 12.1 Å². The first-order chi connectivity index (χ1) is 13.1. The first-order valence-corrected chi connectivity index (χ1v) is 9.03. The quantitative estimate of drug-likeness (QED) is 0.887. The number of benzene rings is 1. The average Bonchev–Trinajstić information content (AvgIpc) is 3.16. The van der Waals surface area contributed by atoms with Crippen molar-refractivity contribution in [3.05, 3.63) is 53.5 Å². The van der Waals surface area contributed by atoms with Crippen molar-refractivity contribution in [2.45, 2.75) is 25.2 Å². The van der Waals surface area contributed by atoms with Crippen LogP contribution < -0.4 is 5.32 Å². The first kappa shape index (κ1) is 17.8. The molecule has 1 aromatic carbocycles. The van der Waals surface area contributed by atoms with Gasteiger partial charge in [0.05, 0.1) is 13.2 Å². The summed E-state index contributed by atoms with van der Waals surface area (Å²) in [7, 11) is 0. The van der Waals surface area contributed by atoms with Crippen molar-refractivity contribution >= 4 is 11.7 Å². The normalized spacial score (nSPS) is 18.6. The van der Waals surface area contributed by atoms with Crippen molar-refractivity contribution in [3.63, 3.8) is 0 Å². The van der Waals surface area contributed by atoms with Gasteiger partial charge in [-0.25, -0.2) is 4.39 Å². The van der Waals surface area contributed by atoms with E-state index in [9.17, 15) is 9.18 Å². The van der Waals surface area contributed by atoms with Crippen LogP contribution in [0.1, 0.15) is 28.9 Å². The molecule has 27 heavy (non-hydrogen) atoms. The molecule has 4 rings (SSSR count). The Balaban J connectivity index is 1.31. The zero-order valence-corrected chi connectivity index (χ0v) is 14.9. The maximum absolute atomic E-state index is 12.9. The number of aromatic nitrogens is 2. The Morgan fingerprint density at radius 3 is 2.41 bits per heavy atom. The maximum Gasteiger partial charge on any atom is 0.274 e. The zero-order valence-electron chi connectivity index (χ0n) is 14.9. The van der Waals surface area contributed by atoms with Gasteiger partial charge in [-0.3, -0.25) is 4.79 Å². The number of halogens is 1. The topological polar surface area (TPSA) is 76.6 Å². The van der Waals surface area contributed by atoms with E-state index in [-0.39, 0.29) is 11.7 Å². The molecule has 142 valence electrons. The predicted octanol–water partition coefficient (Wildman–Crippen LogP) is 2.21. The third-order valence-corrected chi connectivity index (χ3v) is 4.90. The highest BCUT2D eigenvalue weighted by Crippen LogP contribution is 2.31. The van der Waals surface area contributed by atoms with Crippen LogP contribution >= 0.6 is 0 Å². The van der Waals surface area contributed by atoms with E-state index >= 15 is 0 Å². The van der Waals surface area contributed by atoms with Crippen LogP contribution in [0.5, 0.6) is 0 Å². The van der Waals surface area contributed by atoms with Gasteiger partial charge in [0.25, 0.3) is 5.91 Å². The van der Waals surface area contributed by atoms with Gasteiger partial charge >= 0.3 is 0 Å². The number of carbonyl (C=O) groups excluding carboxylic acids is 1. The molecule has 2 aromatic rings. The molecule has 3 heterocycles. The van der Waals surface area contributed by atoms with Gasteiger partial charge in [-0.2, -0.15) is 0 Å². The number of carbonyl (C=O) groups is 1. The standard InChI is InChI=1S/C19H21FN4O3/c20-15-3-1-14(2-4-15)13-21-17-6-5-16(22-23-17)18(25)24-9-7-19(8-10-24)26-11-12-27-19/h1-6H,7-13H2,(H,21,23). The van der Waals surface area contributed by atoms with Crippen LogP contribution in [0, 0.1) is 5.82 Å². The van der Waals surface area contributed by atoms with Gasteiger partial charge in [0, 0.05) is 32.5 Å².